The van der Waals surface area contributed by atoms with E-state index in [0.29, 0.717) is 31.9 Å². The minimum atomic E-state index is 0.0579. The predicted octanol–water partition coefficient (Wildman–Crippen LogP) is 5.09. The highest BCUT2D eigenvalue weighted by molar-refractivity contribution is 7.71. The summed E-state index contributed by atoms with van der Waals surface area (Å²) >= 11 is 23.1. The largest absolute Gasteiger partial charge is 0.383 e. The van der Waals surface area contributed by atoms with Crippen molar-refractivity contribution in [3.63, 3.8) is 0 Å². The standard InChI is InChI=1S/C18H13Cl3N6S/c19-11-4-1-9(2-5-11)15-14(16(22)26-18(28)25-15)17(23)27-24-8-10-3-6-12(20)7-13(10)21/h1-8H,(H2,23,27)(H3,22,25,26,28)/b24-8+. The van der Waals surface area contributed by atoms with Crippen LogP contribution >= 0.6 is 47.0 Å². The lowest BCUT2D eigenvalue weighted by atomic mass is 10.1. The molecule has 0 saturated heterocycles. The van der Waals surface area contributed by atoms with Crippen molar-refractivity contribution in [1.29, 1.82) is 0 Å². The van der Waals surface area contributed by atoms with Crippen LogP contribution in [0.4, 0.5) is 5.82 Å². The molecule has 28 heavy (non-hydrogen) atoms. The van der Waals surface area contributed by atoms with Crippen molar-refractivity contribution in [1.82, 2.24) is 9.97 Å². The Morgan fingerprint density at radius 2 is 1.75 bits per heavy atom. The van der Waals surface area contributed by atoms with Crippen LogP contribution in [-0.2, 0) is 0 Å². The summed E-state index contributed by atoms with van der Waals surface area (Å²) in [6, 6.07) is 12.1. The van der Waals surface area contributed by atoms with Crippen LogP contribution in [-0.4, -0.2) is 22.0 Å². The first-order valence-corrected chi connectivity index (χ1v) is 9.37. The van der Waals surface area contributed by atoms with Gasteiger partial charge in [0, 0.05) is 15.6 Å². The van der Waals surface area contributed by atoms with Crippen LogP contribution in [0.2, 0.25) is 15.1 Å². The summed E-state index contributed by atoms with van der Waals surface area (Å²) in [6.45, 7) is 0. The lowest BCUT2D eigenvalue weighted by Crippen LogP contribution is -2.18. The quantitative estimate of drug-likeness (QED) is 0.222. The average molecular weight is 452 g/mol. The molecule has 5 N–H and O–H groups in total. The zero-order chi connectivity index (χ0) is 20.3. The summed E-state index contributed by atoms with van der Waals surface area (Å²) in [5.74, 6) is 0.192. The van der Waals surface area contributed by atoms with Gasteiger partial charge in [-0.25, -0.2) is 4.98 Å². The molecule has 3 rings (SSSR count). The lowest BCUT2D eigenvalue weighted by Gasteiger charge is -2.11. The van der Waals surface area contributed by atoms with Gasteiger partial charge in [-0.05, 0) is 42.0 Å². The van der Waals surface area contributed by atoms with Crippen molar-refractivity contribution in [2.75, 3.05) is 5.73 Å². The number of rotatable bonds is 4. The molecule has 0 aliphatic heterocycles. The number of benzene rings is 2. The molecule has 0 fully saturated rings. The van der Waals surface area contributed by atoms with Crippen LogP contribution in [0.5, 0.6) is 0 Å². The minimum absolute atomic E-state index is 0.0579. The molecule has 142 valence electrons. The highest BCUT2D eigenvalue weighted by atomic mass is 35.5. The Bertz CT molecular complexity index is 1140. The first kappa shape index (κ1) is 20.3. The summed E-state index contributed by atoms with van der Waals surface area (Å²) in [6.07, 6.45) is 1.46. The van der Waals surface area contributed by atoms with Gasteiger partial charge in [0.25, 0.3) is 0 Å². The van der Waals surface area contributed by atoms with E-state index in [0.717, 1.165) is 5.56 Å². The van der Waals surface area contributed by atoms with Crippen LogP contribution in [0.1, 0.15) is 11.1 Å². The molecule has 0 spiro atoms. The molecule has 0 aliphatic rings. The topological polar surface area (TPSA) is 105 Å². The number of nitrogen functional groups attached to an aromatic ring is 1. The maximum absolute atomic E-state index is 6.12. The van der Waals surface area contributed by atoms with E-state index >= 15 is 0 Å². The van der Waals surface area contributed by atoms with Crippen molar-refractivity contribution >= 4 is 64.9 Å². The van der Waals surface area contributed by atoms with Gasteiger partial charge in [0.2, 0.25) is 0 Å². The maximum atomic E-state index is 6.12. The van der Waals surface area contributed by atoms with Gasteiger partial charge in [-0.2, -0.15) is 5.10 Å². The van der Waals surface area contributed by atoms with Gasteiger partial charge < -0.3 is 16.5 Å². The smallest absolute Gasteiger partial charge is 0.199 e. The molecule has 0 unspecified atom stereocenters. The Labute approximate surface area is 180 Å². The number of hydrogen-bond acceptors (Lipinski definition) is 5. The number of nitrogens with zero attached hydrogens (tertiary/aromatic N) is 3. The van der Waals surface area contributed by atoms with E-state index in [9.17, 15) is 0 Å². The van der Waals surface area contributed by atoms with Crippen LogP contribution < -0.4 is 11.5 Å². The number of anilines is 1. The number of aromatic amines is 1. The van der Waals surface area contributed by atoms with Crippen molar-refractivity contribution in [2.45, 2.75) is 0 Å². The van der Waals surface area contributed by atoms with E-state index in [1.54, 1.807) is 42.5 Å². The summed E-state index contributed by atoms with van der Waals surface area (Å²) in [4.78, 5) is 7.04. The molecule has 2 aromatic carbocycles. The second-order valence-electron chi connectivity index (χ2n) is 5.58. The maximum Gasteiger partial charge on any atom is 0.199 e. The van der Waals surface area contributed by atoms with Crippen molar-refractivity contribution < 1.29 is 0 Å². The van der Waals surface area contributed by atoms with Gasteiger partial charge in [-0.3, -0.25) is 0 Å². The van der Waals surface area contributed by atoms with E-state index in [1.165, 1.54) is 6.21 Å². The Kier molecular flexibility index (Phi) is 6.31. The van der Waals surface area contributed by atoms with E-state index in [4.69, 9.17) is 58.5 Å². The number of amidine groups is 1. The molecule has 10 heteroatoms. The molecule has 0 saturated carbocycles. The number of hydrogen-bond donors (Lipinski definition) is 3. The zero-order valence-electron chi connectivity index (χ0n) is 14.2. The Morgan fingerprint density at radius 1 is 1.07 bits per heavy atom. The SMILES string of the molecule is N/C(=N\N=C\c1ccc(Cl)cc1Cl)c1c(N)nc(=S)[nH]c1-c1ccc(Cl)cc1. The van der Waals surface area contributed by atoms with Gasteiger partial charge in [0.05, 0.1) is 22.5 Å². The second-order valence-corrected chi connectivity index (χ2v) is 7.25. The van der Waals surface area contributed by atoms with Gasteiger partial charge in [0.15, 0.2) is 10.6 Å². The molecule has 0 amide bonds. The summed E-state index contributed by atoms with van der Waals surface area (Å²) in [7, 11) is 0. The predicted molar refractivity (Wildman–Crippen MR) is 119 cm³/mol. The van der Waals surface area contributed by atoms with E-state index in [-0.39, 0.29) is 16.4 Å². The van der Waals surface area contributed by atoms with Crippen LogP contribution in [0.15, 0.2) is 52.7 Å². The third-order valence-corrected chi connectivity index (χ3v) is 4.68. The molecule has 0 radical (unpaired) electrons. The Hall–Kier alpha value is -2.45. The van der Waals surface area contributed by atoms with E-state index in [2.05, 4.69) is 20.2 Å². The normalized spacial score (nSPS) is 11.9. The van der Waals surface area contributed by atoms with Crippen molar-refractivity contribution in [3.05, 3.63) is 73.4 Å². The fourth-order valence-corrected chi connectivity index (χ4v) is 3.18. The molecular formula is C18H13Cl3N6S. The molecule has 1 heterocycles. The fraction of sp³-hybridized carbons (Fsp3) is 0. The van der Waals surface area contributed by atoms with Gasteiger partial charge in [-0.15, -0.1) is 5.10 Å². The minimum Gasteiger partial charge on any atom is -0.383 e. The van der Waals surface area contributed by atoms with E-state index in [1.807, 2.05) is 0 Å². The van der Waals surface area contributed by atoms with Crippen molar-refractivity contribution in [2.24, 2.45) is 15.9 Å². The molecule has 0 atom stereocenters. The molecular weight excluding hydrogens is 439 g/mol. The zero-order valence-corrected chi connectivity index (χ0v) is 17.2. The van der Waals surface area contributed by atoms with Crippen LogP contribution in [0, 0.1) is 4.77 Å². The molecule has 3 aromatic rings. The van der Waals surface area contributed by atoms with Crippen LogP contribution in [0.3, 0.4) is 0 Å². The summed E-state index contributed by atoms with van der Waals surface area (Å²) < 4.78 is 0.218. The summed E-state index contributed by atoms with van der Waals surface area (Å²) in [5, 5.41) is 9.57. The van der Waals surface area contributed by atoms with Crippen LogP contribution in [0.25, 0.3) is 11.3 Å². The molecule has 1 aromatic heterocycles. The van der Waals surface area contributed by atoms with E-state index < -0.39 is 0 Å². The number of nitrogens with two attached hydrogens (primary N) is 2. The van der Waals surface area contributed by atoms with Gasteiger partial charge in [0.1, 0.15) is 5.82 Å². The monoisotopic (exact) mass is 450 g/mol. The number of H-pyrrole nitrogens is 1. The first-order valence-electron chi connectivity index (χ1n) is 7.83. The fourth-order valence-electron chi connectivity index (χ4n) is 2.39. The third kappa shape index (κ3) is 4.69. The lowest BCUT2D eigenvalue weighted by molar-refractivity contribution is 1.13. The number of aromatic nitrogens is 2. The van der Waals surface area contributed by atoms with Gasteiger partial charge in [-0.1, -0.05) is 53.0 Å². The van der Waals surface area contributed by atoms with Gasteiger partial charge >= 0.3 is 0 Å². The van der Waals surface area contributed by atoms with Crippen molar-refractivity contribution in [3.8, 4) is 11.3 Å². The average Bonchev–Trinajstić information content (AvgIpc) is 2.63. The summed E-state index contributed by atoms with van der Waals surface area (Å²) in [5.41, 5.74) is 14.5. The first-order chi connectivity index (χ1) is 13.3. The third-order valence-electron chi connectivity index (χ3n) is 3.67. The molecule has 0 bridgehead atoms. The highest BCUT2D eigenvalue weighted by Crippen LogP contribution is 2.26. The molecule has 6 nitrogen and oxygen atoms in total. The Balaban J connectivity index is 2.02. The second kappa shape index (κ2) is 8.70. The Morgan fingerprint density at radius 3 is 2.43 bits per heavy atom. The number of halogens is 3. The number of nitrogens with one attached hydrogen (secondary N) is 1. The highest BCUT2D eigenvalue weighted by Gasteiger charge is 2.15. The molecule has 0 aliphatic carbocycles.